The lowest BCUT2D eigenvalue weighted by atomic mass is 9.86. The summed E-state index contributed by atoms with van der Waals surface area (Å²) in [5.74, 6) is 1.09. The summed E-state index contributed by atoms with van der Waals surface area (Å²) in [7, 11) is 1.98. The average Bonchev–Trinajstić information content (AvgIpc) is 2.08. The van der Waals surface area contributed by atoms with Crippen LogP contribution in [-0.2, 0) is 0 Å². The predicted octanol–water partition coefficient (Wildman–Crippen LogP) is 0.913. The zero-order valence-electron chi connectivity index (χ0n) is 7.88. The molecule has 68 valence electrons. The van der Waals surface area contributed by atoms with Gasteiger partial charge in [-0.15, -0.1) is 0 Å². The molecule has 0 aromatic rings. The maximum Gasteiger partial charge on any atom is 0.00174 e. The Morgan fingerprint density at radius 1 is 1.50 bits per heavy atom. The zero-order chi connectivity index (χ0) is 8.97. The highest BCUT2D eigenvalue weighted by molar-refractivity contribution is 5.24. The molecule has 0 aromatic carbocycles. The second-order valence-corrected chi connectivity index (χ2v) is 3.39. The molecule has 1 aliphatic rings. The number of hydrogen-bond donors (Lipinski definition) is 2. The predicted molar refractivity (Wildman–Crippen MR) is 52.9 cm³/mol. The molecule has 12 heavy (non-hydrogen) atoms. The smallest absolute Gasteiger partial charge is 0.00174 e. The molecule has 2 nitrogen and oxygen atoms in total. The summed E-state index contributed by atoms with van der Waals surface area (Å²) in [6, 6.07) is 0. The van der Waals surface area contributed by atoms with E-state index in [1.54, 1.807) is 0 Å². The van der Waals surface area contributed by atoms with E-state index in [1.807, 2.05) is 7.05 Å². The summed E-state index contributed by atoms with van der Waals surface area (Å²) in [6.07, 6.45) is 6.69. The molecule has 0 aromatic heterocycles. The number of allylic oxidation sites excluding steroid dienone is 2. The van der Waals surface area contributed by atoms with Gasteiger partial charge in [-0.1, -0.05) is 23.8 Å². The minimum Gasteiger partial charge on any atom is -0.330 e. The molecule has 0 heterocycles. The lowest BCUT2D eigenvalue weighted by Gasteiger charge is -2.23. The largest absolute Gasteiger partial charge is 0.330 e. The summed E-state index contributed by atoms with van der Waals surface area (Å²) in [4.78, 5) is 0. The fourth-order valence-electron chi connectivity index (χ4n) is 1.63. The molecule has 2 unspecified atom stereocenters. The van der Waals surface area contributed by atoms with Gasteiger partial charge in [-0.25, -0.2) is 0 Å². The van der Waals surface area contributed by atoms with Crippen molar-refractivity contribution in [2.75, 3.05) is 20.1 Å². The van der Waals surface area contributed by atoms with Crippen molar-refractivity contribution in [2.24, 2.45) is 17.6 Å². The van der Waals surface area contributed by atoms with Crippen molar-refractivity contribution < 1.29 is 0 Å². The van der Waals surface area contributed by atoms with Crippen LogP contribution < -0.4 is 11.1 Å². The first-order chi connectivity index (χ1) is 5.77. The fourth-order valence-corrected chi connectivity index (χ4v) is 1.63. The molecular weight excluding hydrogens is 148 g/mol. The molecule has 0 aliphatic heterocycles. The third-order valence-electron chi connectivity index (χ3n) is 2.35. The van der Waals surface area contributed by atoms with Crippen molar-refractivity contribution >= 4 is 0 Å². The van der Waals surface area contributed by atoms with Crippen molar-refractivity contribution in [3.8, 4) is 0 Å². The molecule has 2 heteroatoms. The lowest BCUT2D eigenvalue weighted by Crippen LogP contribution is -2.29. The van der Waals surface area contributed by atoms with Gasteiger partial charge in [0.1, 0.15) is 0 Å². The Morgan fingerprint density at radius 3 is 2.83 bits per heavy atom. The summed E-state index contributed by atoms with van der Waals surface area (Å²) in [6.45, 7) is 3.88. The van der Waals surface area contributed by atoms with Crippen LogP contribution in [0, 0.1) is 11.8 Å². The quantitative estimate of drug-likeness (QED) is 0.654. The first-order valence-electron chi connectivity index (χ1n) is 4.49. The van der Waals surface area contributed by atoms with Gasteiger partial charge in [0.05, 0.1) is 0 Å². The van der Waals surface area contributed by atoms with E-state index in [1.165, 1.54) is 5.57 Å². The van der Waals surface area contributed by atoms with Crippen LogP contribution >= 0.6 is 0 Å². The summed E-state index contributed by atoms with van der Waals surface area (Å²) in [5.41, 5.74) is 7.01. The number of hydrogen-bond acceptors (Lipinski definition) is 2. The SMILES string of the molecule is CNCC1C=CC(C)=CC1CN. The average molecular weight is 166 g/mol. The van der Waals surface area contributed by atoms with Gasteiger partial charge in [0.15, 0.2) is 0 Å². The van der Waals surface area contributed by atoms with Crippen LogP contribution in [0.1, 0.15) is 6.92 Å². The topological polar surface area (TPSA) is 38.0 Å². The maximum absolute atomic E-state index is 5.68. The second-order valence-electron chi connectivity index (χ2n) is 3.39. The Bertz CT molecular complexity index is 194. The molecule has 3 N–H and O–H groups in total. The molecule has 2 atom stereocenters. The van der Waals surface area contributed by atoms with E-state index in [4.69, 9.17) is 5.73 Å². The van der Waals surface area contributed by atoms with Crippen LogP contribution in [0.5, 0.6) is 0 Å². The van der Waals surface area contributed by atoms with Gasteiger partial charge in [0.2, 0.25) is 0 Å². The standard InChI is InChI=1S/C10H18N2/c1-8-3-4-9(7-12-2)10(5-8)6-11/h3-5,9-10,12H,6-7,11H2,1-2H3. The minimum atomic E-state index is 0.516. The van der Waals surface area contributed by atoms with E-state index in [2.05, 4.69) is 30.5 Å². The molecule has 1 aliphatic carbocycles. The molecule has 0 saturated carbocycles. The van der Waals surface area contributed by atoms with Crippen molar-refractivity contribution in [1.29, 1.82) is 0 Å². The third kappa shape index (κ3) is 2.19. The Kier molecular flexibility index (Phi) is 3.50. The van der Waals surface area contributed by atoms with E-state index < -0.39 is 0 Å². The number of rotatable bonds is 3. The highest BCUT2D eigenvalue weighted by Crippen LogP contribution is 2.21. The Balaban J connectivity index is 2.59. The number of nitrogens with two attached hydrogens (primary N) is 1. The second kappa shape index (κ2) is 4.43. The van der Waals surface area contributed by atoms with E-state index >= 15 is 0 Å². The first-order valence-corrected chi connectivity index (χ1v) is 4.49. The Labute approximate surface area is 74.5 Å². The van der Waals surface area contributed by atoms with Crippen molar-refractivity contribution in [1.82, 2.24) is 5.32 Å². The van der Waals surface area contributed by atoms with Gasteiger partial charge in [0, 0.05) is 6.54 Å². The lowest BCUT2D eigenvalue weighted by molar-refractivity contribution is 0.457. The first kappa shape index (κ1) is 9.49. The van der Waals surface area contributed by atoms with Crippen molar-refractivity contribution in [2.45, 2.75) is 6.92 Å². The highest BCUT2D eigenvalue weighted by Gasteiger charge is 2.17. The number of nitrogens with one attached hydrogen (secondary N) is 1. The third-order valence-corrected chi connectivity index (χ3v) is 2.35. The monoisotopic (exact) mass is 166 g/mol. The van der Waals surface area contributed by atoms with Gasteiger partial charge in [-0.2, -0.15) is 0 Å². The minimum absolute atomic E-state index is 0.516. The van der Waals surface area contributed by atoms with Gasteiger partial charge >= 0.3 is 0 Å². The maximum atomic E-state index is 5.68. The molecule has 0 bridgehead atoms. The van der Waals surface area contributed by atoms with Gasteiger partial charge < -0.3 is 11.1 Å². The van der Waals surface area contributed by atoms with Gasteiger partial charge in [-0.05, 0) is 32.4 Å². The van der Waals surface area contributed by atoms with Gasteiger partial charge in [0.25, 0.3) is 0 Å². The zero-order valence-corrected chi connectivity index (χ0v) is 7.88. The van der Waals surface area contributed by atoms with Crippen LogP contribution in [0.3, 0.4) is 0 Å². The molecule has 1 rings (SSSR count). The van der Waals surface area contributed by atoms with Crippen molar-refractivity contribution in [3.05, 3.63) is 23.8 Å². The van der Waals surface area contributed by atoms with E-state index in [-0.39, 0.29) is 0 Å². The molecule has 0 saturated heterocycles. The summed E-state index contributed by atoms with van der Waals surface area (Å²) < 4.78 is 0. The van der Waals surface area contributed by atoms with Crippen LogP contribution in [0.15, 0.2) is 23.8 Å². The normalized spacial score (nSPS) is 28.8. The molecule has 0 fully saturated rings. The van der Waals surface area contributed by atoms with Crippen LogP contribution in [-0.4, -0.2) is 20.1 Å². The molecule has 0 radical (unpaired) electrons. The van der Waals surface area contributed by atoms with Crippen LogP contribution in [0.25, 0.3) is 0 Å². The van der Waals surface area contributed by atoms with E-state index in [9.17, 15) is 0 Å². The summed E-state index contributed by atoms with van der Waals surface area (Å²) in [5, 5.41) is 3.18. The molecule has 0 amide bonds. The molecular formula is C10H18N2. The van der Waals surface area contributed by atoms with Crippen molar-refractivity contribution in [3.63, 3.8) is 0 Å². The molecule has 0 spiro atoms. The highest BCUT2D eigenvalue weighted by atomic mass is 14.8. The Hall–Kier alpha value is -0.600. The van der Waals surface area contributed by atoms with E-state index in [0.717, 1.165) is 13.1 Å². The van der Waals surface area contributed by atoms with E-state index in [0.29, 0.717) is 11.8 Å². The van der Waals surface area contributed by atoms with Gasteiger partial charge in [-0.3, -0.25) is 0 Å². The fraction of sp³-hybridized carbons (Fsp3) is 0.600. The summed E-state index contributed by atoms with van der Waals surface area (Å²) >= 11 is 0. The van der Waals surface area contributed by atoms with Crippen LogP contribution in [0.4, 0.5) is 0 Å². The van der Waals surface area contributed by atoms with Crippen LogP contribution in [0.2, 0.25) is 0 Å². The Morgan fingerprint density at radius 2 is 2.25 bits per heavy atom.